The second-order valence-corrected chi connectivity index (χ2v) is 12.5. The van der Waals surface area contributed by atoms with Crippen LogP contribution >= 0.6 is 0 Å². The number of alkyl halides is 1. The van der Waals surface area contributed by atoms with Gasteiger partial charge in [-0.15, -0.1) is 0 Å². The molecule has 1 saturated heterocycles. The van der Waals surface area contributed by atoms with Gasteiger partial charge in [-0.05, 0) is 123 Å². The van der Waals surface area contributed by atoms with Gasteiger partial charge in [0.15, 0.2) is 0 Å². The number of hydrogen-bond donors (Lipinski definition) is 0. The molecule has 204 valence electrons. The summed E-state index contributed by atoms with van der Waals surface area (Å²) in [5.41, 5.74) is 3.68. The van der Waals surface area contributed by atoms with Crippen LogP contribution in [-0.4, -0.2) is 43.3 Å². The van der Waals surface area contributed by atoms with Crippen molar-refractivity contribution < 1.29 is 18.7 Å². The monoisotopic (exact) mass is 519 g/mol. The minimum absolute atomic E-state index is 0.259. The van der Waals surface area contributed by atoms with Crippen molar-refractivity contribution in [3.63, 3.8) is 0 Å². The number of hydrogen-bond acceptors (Lipinski definition) is 4. The lowest BCUT2D eigenvalue weighted by Gasteiger charge is -2.53. The number of likely N-dealkylation sites (tertiary alicyclic amines) is 1. The predicted molar refractivity (Wildman–Crippen MR) is 148 cm³/mol. The lowest BCUT2D eigenvalue weighted by molar-refractivity contribution is -0.131. The SMILES string of the molecule is CC(=O)Oc1ccc2c(c1)CCC1C2[C@@H](c2ccc(OCCN3CCCCC3)cc2)C[C@@]2(C)C1CC[C@H]2F. The van der Waals surface area contributed by atoms with Crippen molar-refractivity contribution in [2.45, 2.75) is 83.2 Å². The number of rotatable bonds is 6. The first-order valence-corrected chi connectivity index (χ1v) is 14.8. The molecule has 5 heteroatoms. The smallest absolute Gasteiger partial charge is 0.308 e. The lowest BCUT2D eigenvalue weighted by atomic mass is 9.51. The highest BCUT2D eigenvalue weighted by molar-refractivity contribution is 5.69. The van der Waals surface area contributed by atoms with Crippen LogP contribution in [-0.2, 0) is 11.2 Å². The normalized spacial score (nSPS) is 32.7. The topological polar surface area (TPSA) is 38.8 Å². The van der Waals surface area contributed by atoms with E-state index >= 15 is 4.39 Å². The van der Waals surface area contributed by atoms with Crippen LogP contribution in [0.1, 0.15) is 87.3 Å². The van der Waals surface area contributed by atoms with Gasteiger partial charge in [-0.25, -0.2) is 4.39 Å². The van der Waals surface area contributed by atoms with Crippen molar-refractivity contribution in [2.24, 2.45) is 17.3 Å². The summed E-state index contributed by atoms with van der Waals surface area (Å²) in [7, 11) is 0. The van der Waals surface area contributed by atoms with Gasteiger partial charge in [0.05, 0.1) is 0 Å². The van der Waals surface area contributed by atoms with Crippen LogP contribution in [0.15, 0.2) is 42.5 Å². The molecule has 2 saturated carbocycles. The summed E-state index contributed by atoms with van der Waals surface area (Å²) in [4.78, 5) is 14.0. The van der Waals surface area contributed by atoms with Crippen LogP contribution in [0.25, 0.3) is 0 Å². The first-order chi connectivity index (χ1) is 18.4. The summed E-state index contributed by atoms with van der Waals surface area (Å²) < 4.78 is 27.0. The summed E-state index contributed by atoms with van der Waals surface area (Å²) in [6.45, 7) is 7.74. The second-order valence-electron chi connectivity index (χ2n) is 12.5. The number of aryl methyl sites for hydroxylation is 1. The number of ether oxygens (including phenoxy) is 2. The molecule has 3 fully saturated rings. The van der Waals surface area contributed by atoms with Crippen LogP contribution in [0.5, 0.6) is 11.5 Å². The summed E-state index contributed by atoms with van der Waals surface area (Å²) in [5.74, 6) is 2.79. The van der Waals surface area contributed by atoms with E-state index in [2.05, 4.69) is 48.2 Å². The average molecular weight is 520 g/mol. The molecule has 0 spiro atoms. The zero-order valence-corrected chi connectivity index (χ0v) is 23.0. The van der Waals surface area contributed by atoms with E-state index in [1.165, 1.54) is 56.0 Å². The van der Waals surface area contributed by atoms with Gasteiger partial charge < -0.3 is 9.47 Å². The maximum Gasteiger partial charge on any atom is 0.308 e. The Morgan fingerprint density at radius 2 is 1.79 bits per heavy atom. The summed E-state index contributed by atoms with van der Waals surface area (Å²) >= 11 is 0. The molecule has 4 aliphatic rings. The number of halogens is 1. The third-order valence-corrected chi connectivity index (χ3v) is 10.3. The van der Waals surface area contributed by atoms with Gasteiger partial charge in [-0.2, -0.15) is 0 Å². The van der Waals surface area contributed by atoms with Crippen molar-refractivity contribution in [1.29, 1.82) is 0 Å². The molecule has 0 bridgehead atoms. The second kappa shape index (κ2) is 10.6. The Bertz CT molecular complexity index is 1140. The molecule has 0 radical (unpaired) electrons. The fourth-order valence-corrected chi connectivity index (χ4v) is 8.47. The molecule has 4 nitrogen and oxygen atoms in total. The average Bonchev–Trinajstić information content (AvgIpc) is 3.22. The highest BCUT2D eigenvalue weighted by Crippen LogP contribution is 2.65. The molecule has 0 N–H and O–H groups in total. The third-order valence-electron chi connectivity index (χ3n) is 10.3. The van der Waals surface area contributed by atoms with Gasteiger partial charge in [0, 0.05) is 18.9 Å². The number of carbonyl (C=O) groups excluding carboxylic acids is 1. The molecular formula is C33H42FNO3. The molecule has 3 unspecified atom stereocenters. The Morgan fingerprint density at radius 1 is 1.03 bits per heavy atom. The van der Waals surface area contributed by atoms with E-state index in [4.69, 9.17) is 9.47 Å². The minimum Gasteiger partial charge on any atom is -0.492 e. The van der Waals surface area contributed by atoms with Gasteiger partial charge in [0.25, 0.3) is 0 Å². The molecule has 0 amide bonds. The highest BCUT2D eigenvalue weighted by Gasteiger charge is 2.58. The van der Waals surface area contributed by atoms with Gasteiger partial charge in [-0.3, -0.25) is 9.69 Å². The molecule has 0 aromatic heterocycles. The van der Waals surface area contributed by atoms with E-state index in [-0.39, 0.29) is 17.3 Å². The first kappa shape index (κ1) is 25.9. The molecule has 3 aliphatic carbocycles. The van der Waals surface area contributed by atoms with Crippen molar-refractivity contribution >= 4 is 5.97 Å². The lowest BCUT2D eigenvalue weighted by Crippen LogP contribution is -2.46. The Labute approximate surface area is 226 Å². The Hall–Kier alpha value is -2.40. The first-order valence-electron chi connectivity index (χ1n) is 14.8. The number of benzene rings is 2. The zero-order valence-electron chi connectivity index (χ0n) is 23.0. The predicted octanol–water partition coefficient (Wildman–Crippen LogP) is 7.06. The highest BCUT2D eigenvalue weighted by atomic mass is 19.1. The number of carbonyl (C=O) groups is 1. The third kappa shape index (κ3) is 4.87. The quantitative estimate of drug-likeness (QED) is 0.302. The Morgan fingerprint density at radius 3 is 2.55 bits per heavy atom. The van der Waals surface area contributed by atoms with Crippen molar-refractivity contribution in [3.8, 4) is 11.5 Å². The molecule has 2 aromatic carbocycles. The zero-order chi connectivity index (χ0) is 26.3. The number of esters is 1. The Kier molecular flexibility index (Phi) is 7.24. The van der Waals surface area contributed by atoms with E-state index in [0.717, 1.165) is 44.6 Å². The molecule has 2 aromatic rings. The van der Waals surface area contributed by atoms with Gasteiger partial charge in [-0.1, -0.05) is 31.5 Å². The number of piperidine rings is 1. The summed E-state index contributed by atoms with van der Waals surface area (Å²) in [5, 5.41) is 0. The minimum atomic E-state index is -0.721. The fraction of sp³-hybridized carbons (Fsp3) is 0.606. The standard InChI is InChI=1S/C33H42FNO3/c1-22(36)38-26-11-13-27-24(20-26)8-12-28-30-14-15-31(34)33(30,2)21-29(32(27)28)23-6-9-25(10-7-23)37-19-18-35-16-4-3-5-17-35/h6-7,9-11,13,20,28-32H,3-5,8,12,14-19,21H2,1-2H3/t28?,29-,30?,31-,32?,33+/m1/s1. The van der Waals surface area contributed by atoms with Crippen LogP contribution in [0.2, 0.25) is 0 Å². The van der Waals surface area contributed by atoms with Gasteiger partial charge >= 0.3 is 5.97 Å². The molecule has 1 heterocycles. The van der Waals surface area contributed by atoms with Crippen LogP contribution < -0.4 is 9.47 Å². The molecule has 1 aliphatic heterocycles. The number of fused-ring (bicyclic) bond motifs is 5. The summed E-state index contributed by atoms with van der Waals surface area (Å²) in [6, 6.07) is 14.9. The van der Waals surface area contributed by atoms with E-state index in [1.807, 2.05) is 6.07 Å². The van der Waals surface area contributed by atoms with Gasteiger partial charge in [0.2, 0.25) is 0 Å². The van der Waals surface area contributed by atoms with E-state index in [9.17, 15) is 4.79 Å². The molecule has 38 heavy (non-hydrogen) atoms. The molecule has 6 rings (SSSR count). The summed E-state index contributed by atoms with van der Waals surface area (Å²) in [6.07, 6.45) is 7.82. The maximum atomic E-state index is 15.4. The largest absolute Gasteiger partial charge is 0.492 e. The Balaban J connectivity index is 1.25. The molecule has 6 atom stereocenters. The van der Waals surface area contributed by atoms with Crippen LogP contribution in [0, 0.1) is 17.3 Å². The van der Waals surface area contributed by atoms with Crippen molar-refractivity contribution in [1.82, 2.24) is 4.90 Å². The van der Waals surface area contributed by atoms with Gasteiger partial charge in [0.1, 0.15) is 24.3 Å². The van der Waals surface area contributed by atoms with E-state index in [0.29, 0.717) is 29.9 Å². The van der Waals surface area contributed by atoms with Crippen LogP contribution in [0.4, 0.5) is 4.39 Å². The van der Waals surface area contributed by atoms with E-state index < -0.39 is 6.17 Å². The van der Waals surface area contributed by atoms with E-state index in [1.54, 1.807) is 0 Å². The van der Waals surface area contributed by atoms with Crippen molar-refractivity contribution in [2.75, 3.05) is 26.2 Å². The fourth-order valence-electron chi connectivity index (χ4n) is 8.47. The number of nitrogens with zero attached hydrogens (tertiary/aromatic N) is 1. The maximum absolute atomic E-state index is 15.4. The van der Waals surface area contributed by atoms with Crippen LogP contribution in [0.3, 0.4) is 0 Å². The van der Waals surface area contributed by atoms with Crippen molar-refractivity contribution in [3.05, 3.63) is 59.2 Å². The molecular weight excluding hydrogens is 477 g/mol.